The quantitative estimate of drug-likeness (QED) is 0.705. The molecular weight excluding hydrogens is 334 g/mol. The van der Waals surface area contributed by atoms with Crippen molar-refractivity contribution < 1.29 is 18.7 Å². The number of hydrogen-bond donors (Lipinski definition) is 1. The molecule has 0 saturated carbocycles. The van der Waals surface area contributed by atoms with Gasteiger partial charge in [0, 0.05) is 24.8 Å². The molecule has 1 N–H and O–H groups in total. The smallest absolute Gasteiger partial charge is 0.287 e. The van der Waals surface area contributed by atoms with E-state index in [-0.39, 0.29) is 18.3 Å². The van der Waals surface area contributed by atoms with E-state index in [1.807, 2.05) is 38.2 Å². The summed E-state index contributed by atoms with van der Waals surface area (Å²) in [5.74, 6) is 2.01. The van der Waals surface area contributed by atoms with Crippen LogP contribution in [0, 0.1) is 6.92 Å². The number of aryl methyl sites for hydroxylation is 1. The highest BCUT2D eigenvalue weighted by atomic mass is 16.5. The average molecular weight is 355 g/mol. The van der Waals surface area contributed by atoms with E-state index < -0.39 is 0 Å². The van der Waals surface area contributed by atoms with Crippen molar-refractivity contribution in [2.45, 2.75) is 20.1 Å². The third-order valence-corrected chi connectivity index (χ3v) is 4.10. The lowest BCUT2D eigenvalue weighted by Gasteiger charge is -2.05. The lowest BCUT2D eigenvalue weighted by molar-refractivity contribution is 0.0919. The highest BCUT2D eigenvalue weighted by Gasteiger charge is 2.13. The molecule has 0 aliphatic carbocycles. The summed E-state index contributed by atoms with van der Waals surface area (Å²) in [5.41, 5.74) is 1.98. The van der Waals surface area contributed by atoms with Crippen molar-refractivity contribution in [3.05, 3.63) is 65.4 Å². The molecule has 0 fully saturated rings. The van der Waals surface area contributed by atoms with Crippen molar-refractivity contribution >= 4 is 5.91 Å². The molecule has 0 saturated heterocycles. The molecule has 0 atom stereocenters. The summed E-state index contributed by atoms with van der Waals surface area (Å²) in [6.07, 6.45) is 1.74. The van der Waals surface area contributed by atoms with Crippen molar-refractivity contribution in [2.75, 3.05) is 7.11 Å². The molecule has 7 heteroatoms. The van der Waals surface area contributed by atoms with Crippen LogP contribution in [-0.2, 0) is 20.2 Å². The molecule has 0 aliphatic heterocycles. The second-order valence-electron chi connectivity index (χ2n) is 5.79. The number of aromatic nitrogens is 2. The summed E-state index contributed by atoms with van der Waals surface area (Å²) in [4.78, 5) is 12.2. The first-order chi connectivity index (χ1) is 12.6. The number of amides is 1. The van der Waals surface area contributed by atoms with Crippen LogP contribution in [0.25, 0.3) is 0 Å². The summed E-state index contributed by atoms with van der Waals surface area (Å²) in [7, 11) is 3.48. The third kappa shape index (κ3) is 4.05. The topological polar surface area (TPSA) is 78.5 Å². The normalized spacial score (nSPS) is 10.6. The summed E-state index contributed by atoms with van der Waals surface area (Å²) in [6, 6.07) is 10.6. The number of hydrogen-bond acceptors (Lipinski definition) is 5. The molecule has 0 radical (unpaired) electrons. The lowest BCUT2D eigenvalue weighted by Crippen LogP contribution is -2.22. The van der Waals surface area contributed by atoms with E-state index in [4.69, 9.17) is 13.9 Å². The highest BCUT2D eigenvalue weighted by molar-refractivity contribution is 5.91. The Kier molecular flexibility index (Phi) is 5.26. The Morgan fingerprint density at radius 3 is 2.58 bits per heavy atom. The maximum atomic E-state index is 12.2. The molecule has 7 nitrogen and oxygen atoms in total. The van der Waals surface area contributed by atoms with Crippen LogP contribution in [0.4, 0.5) is 0 Å². The van der Waals surface area contributed by atoms with E-state index in [0.717, 1.165) is 17.0 Å². The van der Waals surface area contributed by atoms with Crippen LogP contribution in [0.1, 0.15) is 27.6 Å². The molecule has 0 bridgehead atoms. The standard InChI is InChI=1S/C19H21N3O4/c1-13-14(11-21-22(13)2)10-20-19(23)18-9-8-17(26-18)12-25-16-6-4-15(24-3)5-7-16/h4-9,11H,10,12H2,1-3H3,(H,20,23). The van der Waals surface area contributed by atoms with Gasteiger partial charge in [-0.15, -0.1) is 0 Å². The Bertz CT molecular complexity index is 881. The first-order valence-electron chi connectivity index (χ1n) is 8.18. The maximum Gasteiger partial charge on any atom is 0.287 e. The molecule has 0 aliphatic rings. The van der Waals surface area contributed by atoms with E-state index in [2.05, 4.69) is 10.4 Å². The predicted octanol–water partition coefficient (Wildman–Crippen LogP) is 2.84. The largest absolute Gasteiger partial charge is 0.497 e. The third-order valence-electron chi connectivity index (χ3n) is 4.10. The molecule has 2 heterocycles. The summed E-state index contributed by atoms with van der Waals surface area (Å²) >= 11 is 0. The van der Waals surface area contributed by atoms with Crippen LogP contribution in [0.3, 0.4) is 0 Å². The van der Waals surface area contributed by atoms with Gasteiger partial charge in [0.05, 0.1) is 13.3 Å². The molecule has 26 heavy (non-hydrogen) atoms. The minimum absolute atomic E-state index is 0.237. The Hall–Kier alpha value is -3.22. The van der Waals surface area contributed by atoms with E-state index >= 15 is 0 Å². The monoisotopic (exact) mass is 355 g/mol. The van der Waals surface area contributed by atoms with E-state index in [9.17, 15) is 4.79 Å². The number of rotatable bonds is 7. The van der Waals surface area contributed by atoms with Crippen LogP contribution in [0.15, 0.2) is 47.0 Å². The zero-order chi connectivity index (χ0) is 18.5. The van der Waals surface area contributed by atoms with Crippen LogP contribution < -0.4 is 14.8 Å². The van der Waals surface area contributed by atoms with Gasteiger partial charge in [0.25, 0.3) is 5.91 Å². The van der Waals surface area contributed by atoms with Crippen LogP contribution in [0.2, 0.25) is 0 Å². The SMILES string of the molecule is COc1ccc(OCc2ccc(C(=O)NCc3cnn(C)c3C)o2)cc1. The van der Waals surface area contributed by atoms with Gasteiger partial charge in [0.15, 0.2) is 5.76 Å². The molecule has 1 aromatic carbocycles. The Balaban J connectivity index is 1.53. The van der Waals surface area contributed by atoms with Crippen LogP contribution >= 0.6 is 0 Å². The van der Waals surface area contributed by atoms with Gasteiger partial charge < -0.3 is 19.2 Å². The minimum Gasteiger partial charge on any atom is -0.497 e. The fourth-order valence-electron chi connectivity index (χ4n) is 2.38. The minimum atomic E-state index is -0.274. The molecule has 3 rings (SSSR count). The summed E-state index contributed by atoms with van der Waals surface area (Å²) < 4.78 is 18.1. The second kappa shape index (κ2) is 7.77. The molecule has 1 amide bonds. The molecule has 0 unspecified atom stereocenters. The van der Waals surface area contributed by atoms with Gasteiger partial charge in [0.2, 0.25) is 0 Å². The fourth-order valence-corrected chi connectivity index (χ4v) is 2.38. The number of benzene rings is 1. The van der Waals surface area contributed by atoms with Gasteiger partial charge in [-0.3, -0.25) is 9.48 Å². The Morgan fingerprint density at radius 1 is 1.19 bits per heavy atom. The zero-order valence-electron chi connectivity index (χ0n) is 15.0. The van der Waals surface area contributed by atoms with Crippen molar-refractivity contribution in [2.24, 2.45) is 7.05 Å². The summed E-state index contributed by atoms with van der Waals surface area (Å²) in [5, 5.41) is 6.98. The van der Waals surface area contributed by atoms with Gasteiger partial charge >= 0.3 is 0 Å². The molecular formula is C19H21N3O4. The van der Waals surface area contributed by atoms with Gasteiger partial charge in [-0.1, -0.05) is 0 Å². The highest BCUT2D eigenvalue weighted by Crippen LogP contribution is 2.19. The van der Waals surface area contributed by atoms with Crippen LogP contribution in [0.5, 0.6) is 11.5 Å². The number of methoxy groups -OCH3 is 1. The molecule has 3 aromatic rings. The fraction of sp³-hybridized carbons (Fsp3) is 0.263. The molecule has 2 aromatic heterocycles. The number of carbonyl (C=O) groups excluding carboxylic acids is 1. The summed E-state index contributed by atoms with van der Waals surface area (Å²) in [6.45, 7) is 2.59. The van der Waals surface area contributed by atoms with E-state index in [1.165, 1.54) is 0 Å². The van der Waals surface area contributed by atoms with Gasteiger partial charge in [-0.05, 0) is 43.3 Å². The Labute approximate surface area is 151 Å². The maximum absolute atomic E-state index is 12.2. The van der Waals surface area contributed by atoms with Crippen LogP contribution in [-0.4, -0.2) is 22.8 Å². The predicted molar refractivity (Wildman–Crippen MR) is 95.1 cm³/mol. The number of carbonyl (C=O) groups is 1. The first-order valence-corrected chi connectivity index (χ1v) is 8.18. The van der Waals surface area contributed by atoms with Gasteiger partial charge in [-0.2, -0.15) is 5.10 Å². The van der Waals surface area contributed by atoms with Gasteiger partial charge in [0.1, 0.15) is 23.9 Å². The number of nitrogens with one attached hydrogen (secondary N) is 1. The number of ether oxygens (including phenoxy) is 2. The zero-order valence-corrected chi connectivity index (χ0v) is 15.0. The van der Waals surface area contributed by atoms with E-state index in [0.29, 0.717) is 18.1 Å². The van der Waals surface area contributed by atoms with Gasteiger partial charge in [-0.25, -0.2) is 0 Å². The molecule has 136 valence electrons. The van der Waals surface area contributed by atoms with Crippen molar-refractivity contribution in [1.82, 2.24) is 15.1 Å². The Morgan fingerprint density at radius 2 is 1.92 bits per heavy atom. The van der Waals surface area contributed by atoms with E-state index in [1.54, 1.807) is 30.1 Å². The second-order valence-corrected chi connectivity index (χ2v) is 5.79. The lowest BCUT2D eigenvalue weighted by atomic mass is 10.2. The number of furan rings is 1. The van der Waals surface area contributed by atoms with Crippen molar-refractivity contribution in [1.29, 1.82) is 0 Å². The van der Waals surface area contributed by atoms with Crippen molar-refractivity contribution in [3.8, 4) is 11.5 Å². The van der Waals surface area contributed by atoms with Crippen molar-refractivity contribution in [3.63, 3.8) is 0 Å². The number of nitrogens with zero attached hydrogens (tertiary/aromatic N) is 2. The first kappa shape index (κ1) is 17.6. The average Bonchev–Trinajstić information content (AvgIpc) is 3.26. The molecule has 0 spiro atoms.